The highest BCUT2D eigenvalue weighted by atomic mass is 32.2. The molecule has 0 saturated carbocycles. The van der Waals surface area contributed by atoms with Gasteiger partial charge in [0.05, 0.1) is 30.3 Å². The molecule has 0 saturated heterocycles. The van der Waals surface area contributed by atoms with E-state index in [9.17, 15) is 18.0 Å². The zero-order valence-corrected chi connectivity index (χ0v) is 18.0. The minimum Gasteiger partial charge on any atom is -0.465 e. The Bertz CT molecular complexity index is 997. The van der Waals surface area contributed by atoms with Crippen molar-refractivity contribution in [2.75, 3.05) is 23.0 Å². The number of nitrogens with zero attached hydrogens (tertiary/aromatic N) is 1. The van der Waals surface area contributed by atoms with Crippen LogP contribution in [-0.2, 0) is 19.6 Å². The summed E-state index contributed by atoms with van der Waals surface area (Å²) >= 11 is 0. The first-order valence-corrected chi connectivity index (χ1v) is 11.0. The maximum Gasteiger partial charge on any atom is 0.339 e. The van der Waals surface area contributed by atoms with Gasteiger partial charge in [-0.3, -0.25) is 9.10 Å². The number of carbonyl (C=O) groups excluding carboxylic acids is 2. The van der Waals surface area contributed by atoms with Crippen LogP contribution in [-0.4, -0.2) is 39.7 Å². The van der Waals surface area contributed by atoms with E-state index in [2.05, 4.69) is 5.32 Å². The lowest BCUT2D eigenvalue weighted by molar-refractivity contribution is -0.117. The van der Waals surface area contributed by atoms with Crippen molar-refractivity contribution in [3.05, 3.63) is 59.2 Å². The minimum atomic E-state index is -3.75. The lowest BCUT2D eigenvalue weighted by Crippen LogP contribution is -2.47. The Morgan fingerprint density at radius 2 is 1.69 bits per heavy atom. The number of amides is 1. The maximum absolute atomic E-state index is 13.1. The minimum absolute atomic E-state index is 0.190. The molecule has 29 heavy (non-hydrogen) atoms. The molecule has 0 radical (unpaired) electrons. The highest BCUT2D eigenvalue weighted by Gasteiger charge is 2.32. The number of hydrogen-bond acceptors (Lipinski definition) is 5. The first-order chi connectivity index (χ1) is 13.6. The molecular formula is C21H26N2O5S. The third kappa shape index (κ3) is 5.35. The summed E-state index contributed by atoms with van der Waals surface area (Å²) in [6.07, 6.45) is 1.31. The number of nitrogens with one attached hydrogen (secondary N) is 1. The van der Waals surface area contributed by atoms with Crippen LogP contribution < -0.4 is 9.62 Å². The van der Waals surface area contributed by atoms with Gasteiger partial charge in [-0.05, 0) is 55.7 Å². The molecule has 0 unspecified atom stereocenters. The average molecular weight is 419 g/mol. The fourth-order valence-electron chi connectivity index (χ4n) is 3.23. The van der Waals surface area contributed by atoms with Gasteiger partial charge in [0, 0.05) is 0 Å². The predicted octanol–water partition coefficient (Wildman–Crippen LogP) is 3.27. The van der Waals surface area contributed by atoms with Gasteiger partial charge in [0.1, 0.15) is 6.04 Å². The van der Waals surface area contributed by atoms with Crippen molar-refractivity contribution >= 4 is 33.3 Å². The first kappa shape index (κ1) is 22.4. The van der Waals surface area contributed by atoms with Crippen LogP contribution in [0.1, 0.15) is 34.8 Å². The summed E-state index contributed by atoms with van der Waals surface area (Å²) in [6.45, 7) is 5.46. The Morgan fingerprint density at radius 3 is 2.21 bits per heavy atom. The van der Waals surface area contributed by atoms with Gasteiger partial charge in [-0.2, -0.15) is 0 Å². The fourth-order valence-corrected chi connectivity index (χ4v) is 4.43. The molecule has 7 nitrogen and oxygen atoms in total. The van der Waals surface area contributed by atoms with Crippen molar-refractivity contribution < 1.29 is 22.7 Å². The van der Waals surface area contributed by atoms with E-state index in [0.717, 1.165) is 21.7 Å². The third-order valence-corrected chi connectivity index (χ3v) is 5.56. The van der Waals surface area contributed by atoms with Crippen LogP contribution in [0.4, 0.5) is 11.4 Å². The molecule has 2 aromatic rings. The van der Waals surface area contributed by atoms with E-state index in [1.165, 1.54) is 13.2 Å². The summed E-state index contributed by atoms with van der Waals surface area (Å²) in [6, 6.07) is 10.8. The molecule has 0 spiro atoms. The molecule has 2 rings (SSSR count). The summed E-state index contributed by atoms with van der Waals surface area (Å²) in [7, 11) is -2.50. The zero-order valence-electron chi connectivity index (χ0n) is 17.2. The van der Waals surface area contributed by atoms with Crippen molar-refractivity contribution in [1.82, 2.24) is 0 Å². The SMILES string of the molecule is CC[C@@H](C(=O)Nc1ccccc1C(=O)OC)N(c1cc(C)cc(C)c1)S(C)(=O)=O. The number of sulfonamides is 1. The highest BCUT2D eigenvalue weighted by Crippen LogP contribution is 2.26. The van der Waals surface area contributed by atoms with E-state index in [1.54, 1.807) is 37.3 Å². The molecule has 1 amide bonds. The van der Waals surface area contributed by atoms with Crippen molar-refractivity contribution in [2.45, 2.75) is 33.2 Å². The summed E-state index contributed by atoms with van der Waals surface area (Å²) in [5, 5.41) is 2.68. The van der Waals surface area contributed by atoms with E-state index in [0.29, 0.717) is 5.69 Å². The Morgan fingerprint density at radius 1 is 1.10 bits per heavy atom. The van der Waals surface area contributed by atoms with Crippen molar-refractivity contribution in [1.29, 1.82) is 0 Å². The molecule has 0 aliphatic rings. The lowest BCUT2D eigenvalue weighted by Gasteiger charge is -2.30. The molecule has 0 aliphatic heterocycles. The number of aryl methyl sites for hydroxylation is 2. The maximum atomic E-state index is 13.1. The second kappa shape index (κ2) is 9.09. The van der Waals surface area contributed by atoms with Gasteiger partial charge in [-0.25, -0.2) is 13.2 Å². The van der Waals surface area contributed by atoms with Gasteiger partial charge < -0.3 is 10.1 Å². The number of esters is 1. The molecular weight excluding hydrogens is 392 g/mol. The fraction of sp³-hybridized carbons (Fsp3) is 0.333. The van der Waals surface area contributed by atoms with Gasteiger partial charge in [0.2, 0.25) is 15.9 Å². The molecule has 1 atom stereocenters. The van der Waals surface area contributed by atoms with Gasteiger partial charge in [-0.15, -0.1) is 0 Å². The topological polar surface area (TPSA) is 92.8 Å². The standard InChI is InChI=1S/C21H26N2O5S/c1-6-19(20(24)22-18-10-8-7-9-17(18)21(25)28-4)23(29(5,26)27)16-12-14(2)11-15(3)13-16/h7-13,19H,6H2,1-5H3,(H,22,24)/t19-/m0/s1. The molecule has 8 heteroatoms. The van der Waals surface area contributed by atoms with Crippen LogP contribution in [0.5, 0.6) is 0 Å². The van der Waals surface area contributed by atoms with Crippen molar-refractivity contribution in [3.63, 3.8) is 0 Å². The van der Waals surface area contributed by atoms with E-state index in [-0.39, 0.29) is 17.7 Å². The molecule has 0 heterocycles. The van der Waals surface area contributed by atoms with E-state index >= 15 is 0 Å². The Kier molecular flexibility index (Phi) is 7.02. The average Bonchev–Trinajstić information content (AvgIpc) is 2.63. The monoisotopic (exact) mass is 418 g/mol. The number of anilines is 2. The second-order valence-corrected chi connectivity index (χ2v) is 8.71. The zero-order chi connectivity index (χ0) is 21.8. The largest absolute Gasteiger partial charge is 0.465 e. The Hall–Kier alpha value is -2.87. The summed E-state index contributed by atoms with van der Waals surface area (Å²) < 4.78 is 31.1. The highest BCUT2D eigenvalue weighted by molar-refractivity contribution is 7.92. The number of carbonyl (C=O) groups is 2. The summed E-state index contributed by atoms with van der Waals surface area (Å²) in [5.74, 6) is -1.13. The predicted molar refractivity (Wildman–Crippen MR) is 114 cm³/mol. The van der Waals surface area contributed by atoms with Gasteiger partial charge in [-0.1, -0.05) is 25.1 Å². The number of ether oxygens (including phenoxy) is 1. The summed E-state index contributed by atoms with van der Waals surface area (Å²) in [5.41, 5.74) is 2.65. The summed E-state index contributed by atoms with van der Waals surface area (Å²) in [4.78, 5) is 25.0. The number of methoxy groups -OCH3 is 1. The molecule has 0 aromatic heterocycles. The first-order valence-electron chi connectivity index (χ1n) is 9.14. The van der Waals surface area contributed by atoms with E-state index in [4.69, 9.17) is 4.74 Å². The van der Waals surface area contributed by atoms with Gasteiger partial charge in [0.15, 0.2) is 0 Å². The van der Waals surface area contributed by atoms with E-state index in [1.807, 2.05) is 19.9 Å². The molecule has 0 bridgehead atoms. The van der Waals surface area contributed by atoms with Crippen molar-refractivity contribution in [3.8, 4) is 0 Å². The number of benzene rings is 2. The normalized spacial score (nSPS) is 12.2. The lowest BCUT2D eigenvalue weighted by atomic mass is 10.1. The molecule has 156 valence electrons. The smallest absolute Gasteiger partial charge is 0.339 e. The van der Waals surface area contributed by atoms with Gasteiger partial charge in [0.25, 0.3) is 0 Å². The molecule has 0 fully saturated rings. The molecule has 1 N–H and O–H groups in total. The van der Waals surface area contributed by atoms with Crippen LogP contribution >= 0.6 is 0 Å². The van der Waals surface area contributed by atoms with Gasteiger partial charge >= 0.3 is 5.97 Å². The quantitative estimate of drug-likeness (QED) is 0.697. The van der Waals surface area contributed by atoms with Crippen LogP contribution in [0.15, 0.2) is 42.5 Å². The van der Waals surface area contributed by atoms with Crippen LogP contribution in [0, 0.1) is 13.8 Å². The molecule has 0 aliphatic carbocycles. The number of rotatable bonds is 7. The van der Waals surface area contributed by atoms with Crippen molar-refractivity contribution in [2.24, 2.45) is 0 Å². The van der Waals surface area contributed by atoms with E-state index < -0.39 is 27.9 Å². The second-order valence-electron chi connectivity index (χ2n) is 6.86. The van der Waals surface area contributed by atoms with Crippen LogP contribution in [0.2, 0.25) is 0 Å². The van der Waals surface area contributed by atoms with Crippen LogP contribution in [0.3, 0.4) is 0 Å². The molecule has 2 aromatic carbocycles. The Labute approximate surface area is 171 Å². The van der Waals surface area contributed by atoms with Crippen LogP contribution in [0.25, 0.3) is 0 Å². The number of para-hydroxylation sites is 1. The Balaban J connectivity index is 2.46. The number of hydrogen-bond donors (Lipinski definition) is 1. The third-order valence-electron chi connectivity index (χ3n) is 4.38.